The van der Waals surface area contributed by atoms with Gasteiger partial charge in [0.2, 0.25) is 0 Å². The number of aromatic nitrogens is 2. The summed E-state index contributed by atoms with van der Waals surface area (Å²) >= 11 is 0. The molecule has 3 saturated heterocycles. The van der Waals surface area contributed by atoms with E-state index in [9.17, 15) is 23.9 Å². The molecule has 1 aromatic heterocycles. The Morgan fingerprint density at radius 3 is 2.85 bits per heavy atom. The molecule has 5 heterocycles. The Kier molecular flexibility index (Phi) is 6.01. The minimum Gasteiger partial charge on any atom is -0.508 e. The normalized spacial score (nSPS) is 24.0. The molecule has 11 heteroatoms. The number of rotatable bonds is 6. The lowest BCUT2D eigenvalue weighted by Gasteiger charge is -2.37. The van der Waals surface area contributed by atoms with Crippen LogP contribution < -0.4 is 14.5 Å². The van der Waals surface area contributed by atoms with Crippen molar-refractivity contribution in [2.45, 2.75) is 50.9 Å². The van der Waals surface area contributed by atoms with Gasteiger partial charge in [0, 0.05) is 37.5 Å². The van der Waals surface area contributed by atoms with Gasteiger partial charge in [0.1, 0.15) is 35.7 Å². The molecule has 2 aromatic carbocycles. The summed E-state index contributed by atoms with van der Waals surface area (Å²) in [6, 6.07) is 8.36. The third-order valence-electron chi connectivity index (χ3n) is 9.08. The summed E-state index contributed by atoms with van der Waals surface area (Å²) in [6.45, 7) is 4.27. The maximum atomic E-state index is 14.9. The second kappa shape index (κ2) is 9.52. The van der Waals surface area contributed by atoms with Gasteiger partial charge in [-0.15, -0.1) is 0 Å². The molecule has 2 unspecified atom stereocenters. The maximum Gasteiger partial charge on any atom is 0.318 e. The van der Waals surface area contributed by atoms with Gasteiger partial charge in [0.15, 0.2) is 0 Å². The van der Waals surface area contributed by atoms with Gasteiger partial charge in [0.05, 0.1) is 35.5 Å². The molecular weight excluding hydrogens is 530 g/mol. The predicted molar refractivity (Wildman–Crippen MR) is 147 cm³/mol. The Hall–Kier alpha value is -4.04. The van der Waals surface area contributed by atoms with Gasteiger partial charge in [0.25, 0.3) is 5.91 Å². The second-order valence-corrected chi connectivity index (χ2v) is 11.6. The third kappa shape index (κ3) is 4.07. The summed E-state index contributed by atoms with van der Waals surface area (Å²) in [5.41, 5.74) is 1.24. The van der Waals surface area contributed by atoms with Crippen LogP contribution in [-0.2, 0) is 13.0 Å². The van der Waals surface area contributed by atoms with Crippen molar-refractivity contribution >= 4 is 28.2 Å². The zero-order valence-corrected chi connectivity index (χ0v) is 22.7. The van der Waals surface area contributed by atoms with Crippen LogP contribution in [0.3, 0.4) is 0 Å². The van der Waals surface area contributed by atoms with E-state index in [2.05, 4.69) is 20.9 Å². The zero-order valence-electron chi connectivity index (χ0n) is 22.7. The first-order valence-corrected chi connectivity index (χ1v) is 14.1. The number of carbonyl (C=O) groups excluding carboxylic acids is 1. The highest BCUT2D eigenvalue weighted by molar-refractivity contribution is 6.16. The Morgan fingerprint density at radius 1 is 1.24 bits per heavy atom. The molecule has 3 aromatic rings. The average molecular weight is 561 g/mol. The molecule has 41 heavy (non-hydrogen) atoms. The van der Waals surface area contributed by atoms with Crippen LogP contribution >= 0.6 is 0 Å². The molecular formula is C30H30F2N6O3. The van der Waals surface area contributed by atoms with Crippen molar-refractivity contribution in [3.05, 3.63) is 46.9 Å². The van der Waals surface area contributed by atoms with Gasteiger partial charge in [-0.1, -0.05) is 13.0 Å². The molecule has 1 amide bonds. The van der Waals surface area contributed by atoms with Crippen LogP contribution in [0.5, 0.6) is 11.8 Å². The molecule has 9 nitrogen and oxygen atoms in total. The first kappa shape index (κ1) is 25.9. The van der Waals surface area contributed by atoms with Gasteiger partial charge in [-0.05, 0) is 48.9 Å². The number of carbonyl (C=O) groups is 1. The first-order chi connectivity index (χ1) is 19.8. The van der Waals surface area contributed by atoms with Gasteiger partial charge in [-0.2, -0.15) is 15.2 Å². The van der Waals surface area contributed by atoms with Crippen LogP contribution in [0.4, 0.5) is 20.3 Å². The number of amides is 1. The van der Waals surface area contributed by atoms with E-state index < -0.39 is 6.17 Å². The van der Waals surface area contributed by atoms with E-state index >= 15 is 0 Å². The Bertz CT molecular complexity index is 1620. The van der Waals surface area contributed by atoms with Crippen molar-refractivity contribution < 1.29 is 23.4 Å². The van der Waals surface area contributed by atoms with Gasteiger partial charge in [-0.25, -0.2) is 8.78 Å². The molecule has 2 atom stereocenters. The fourth-order valence-electron chi connectivity index (χ4n) is 7.07. The molecule has 1 N–H and O–H groups in total. The van der Waals surface area contributed by atoms with Crippen molar-refractivity contribution in [2.75, 3.05) is 42.6 Å². The number of hydrogen-bond donors (Lipinski definition) is 1. The van der Waals surface area contributed by atoms with Crippen molar-refractivity contribution in [1.82, 2.24) is 14.9 Å². The minimum atomic E-state index is -0.888. The molecule has 0 bridgehead atoms. The number of nitrogens with zero attached hydrogens (tertiary/aromatic N) is 6. The number of halogens is 2. The number of nitriles is 1. The molecule has 0 saturated carbocycles. The van der Waals surface area contributed by atoms with Crippen molar-refractivity contribution in [3.63, 3.8) is 0 Å². The predicted octanol–water partition coefficient (Wildman–Crippen LogP) is 4.11. The van der Waals surface area contributed by atoms with Crippen LogP contribution in [0.1, 0.15) is 47.8 Å². The quantitative estimate of drug-likeness (QED) is 0.480. The standard InChI is InChI=1S/C30H30F2N6O3/c1-2-21-22(32)5-4-18-8-20(39)9-24(25(18)21)38-15-23-26(28(38)40)27(36-12-17(11-33)13-36)35-29(34-23)41-16-30-6-3-7-37(30)14-19(31)10-30/h4-5,8-9,17,19,39H,2-3,6-7,10,12-16H2,1H3. The van der Waals surface area contributed by atoms with Crippen LogP contribution in [0, 0.1) is 23.1 Å². The van der Waals surface area contributed by atoms with Crippen LogP contribution in [-0.4, -0.2) is 70.4 Å². The fourth-order valence-corrected chi connectivity index (χ4v) is 7.07. The highest BCUT2D eigenvalue weighted by Crippen LogP contribution is 2.43. The maximum absolute atomic E-state index is 14.9. The number of aromatic hydroxyl groups is 1. The number of ether oxygens (including phenoxy) is 1. The number of fused-ring (bicyclic) bond motifs is 3. The molecule has 0 aliphatic carbocycles. The van der Waals surface area contributed by atoms with E-state index in [0.717, 1.165) is 19.4 Å². The first-order valence-electron chi connectivity index (χ1n) is 14.1. The van der Waals surface area contributed by atoms with Crippen molar-refractivity contribution in [1.29, 1.82) is 5.26 Å². The number of alkyl halides is 1. The highest BCUT2D eigenvalue weighted by Gasteiger charge is 2.49. The molecule has 212 valence electrons. The third-order valence-corrected chi connectivity index (χ3v) is 9.08. The number of phenolic OH excluding ortho intramolecular Hbond substituents is 1. The monoisotopic (exact) mass is 560 g/mol. The Balaban J connectivity index is 1.27. The van der Waals surface area contributed by atoms with E-state index in [1.165, 1.54) is 17.0 Å². The lowest BCUT2D eigenvalue weighted by atomic mass is 9.95. The Labute approximate surface area is 235 Å². The molecule has 4 aliphatic rings. The summed E-state index contributed by atoms with van der Waals surface area (Å²) < 4.78 is 35.3. The SMILES string of the molecule is CCc1c(F)ccc2cc(O)cc(N3Cc4nc(OCC56CCCN5CC(F)C6)nc(N5CC(C#N)C5)c4C3=O)c12. The van der Waals surface area contributed by atoms with Crippen LogP contribution in [0.2, 0.25) is 0 Å². The van der Waals surface area contributed by atoms with E-state index in [4.69, 9.17) is 4.74 Å². The summed E-state index contributed by atoms with van der Waals surface area (Å²) in [4.78, 5) is 28.8. The number of phenols is 1. The molecule has 0 spiro atoms. The van der Waals surface area contributed by atoms with E-state index in [1.54, 1.807) is 12.1 Å². The average Bonchev–Trinajstić information content (AvgIpc) is 3.56. The summed E-state index contributed by atoms with van der Waals surface area (Å²) in [6.07, 6.45) is 1.75. The summed E-state index contributed by atoms with van der Waals surface area (Å²) in [5.74, 6) is -0.558. The lowest BCUT2D eigenvalue weighted by Crippen LogP contribution is -2.47. The summed E-state index contributed by atoms with van der Waals surface area (Å²) in [5, 5.41) is 21.1. The van der Waals surface area contributed by atoms with E-state index in [0.29, 0.717) is 71.6 Å². The summed E-state index contributed by atoms with van der Waals surface area (Å²) in [7, 11) is 0. The van der Waals surface area contributed by atoms with E-state index in [-0.39, 0.29) is 48.1 Å². The Morgan fingerprint density at radius 2 is 2.07 bits per heavy atom. The van der Waals surface area contributed by atoms with Gasteiger partial charge >= 0.3 is 6.01 Å². The number of benzene rings is 2. The second-order valence-electron chi connectivity index (χ2n) is 11.6. The zero-order chi connectivity index (χ0) is 28.5. The van der Waals surface area contributed by atoms with Gasteiger partial charge < -0.3 is 19.6 Å². The number of anilines is 2. The topological polar surface area (TPSA) is 106 Å². The molecule has 3 fully saturated rings. The number of aryl methyl sites for hydroxylation is 1. The smallest absolute Gasteiger partial charge is 0.318 e. The minimum absolute atomic E-state index is 0.0389. The fraction of sp³-hybridized carbons (Fsp3) is 0.467. The lowest BCUT2D eigenvalue weighted by molar-refractivity contribution is 0.0995. The van der Waals surface area contributed by atoms with E-state index in [1.807, 2.05) is 11.8 Å². The molecule has 0 radical (unpaired) electrons. The van der Waals surface area contributed by atoms with Crippen molar-refractivity contribution in [3.8, 4) is 17.8 Å². The highest BCUT2D eigenvalue weighted by atomic mass is 19.1. The molecule has 7 rings (SSSR count). The van der Waals surface area contributed by atoms with Crippen LogP contribution in [0.25, 0.3) is 10.8 Å². The number of hydrogen-bond acceptors (Lipinski definition) is 8. The van der Waals surface area contributed by atoms with Crippen LogP contribution in [0.15, 0.2) is 24.3 Å². The van der Waals surface area contributed by atoms with Gasteiger partial charge in [-0.3, -0.25) is 9.69 Å². The largest absolute Gasteiger partial charge is 0.508 e. The van der Waals surface area contributed by atoms with Crippen molar-refractivity contribution in [2.24, 2.45) is 5.92 Å². The molecule has 4 aliphatic heterocycles.